The summed E-state index contributed by atoms with van der Waals surface area (Å²) >= 11 is 0. The van der Waals surface area contributed by atoms with E-state index in [1.54, 1.807) is 13.0 Å². The molecule has 0 radical (unpaired) electrons. The first-order chi connectivity index (χ1) is 11.9. The van der Waals surface area contributed by atoms with Gasteiger partial charge in [-0.3, -0.25) is 4.79 Å². The number of ketones is 1. The summed E-state index contributed by atoms with van der Waals surface area (Å²) < 4.78 is 28.6. The highest BCUT2D eigenvalue weighted by atomic mass is 32.2. The fourth-order valence-corrected chi connectivity index (χ4v) is 5.42. The Kier molecular flexibility index (Phi) is 4.36. The van der Waals surface area contributed by atoms with Gasteiger partial charge in [-0.05, 0) is 56.7 Å². The highest BCUT2D eigenvalue weighted by Crippen LogP contribution is 2.39. The van der Waals surface area contributed by atoms with Gasteiger partial charge in [0.05, 0.1) is 4.90 Å². The summed E-state index contributed by atoms with van der Waals surface area (Å²) in [6, 6.07) is 3.49. The van der Waals surface area contributed by atoms with Gasteiger partial charge in [-0.1, -0.05) is 20.8 Å². The van der Waals surface area contributed by atoms with Gasteiger partial charge < -0.3 is 4.98 Å². The van der Waals surface area contributed by atoms with Crippen LogP contribution in [0.3, 0.4) is 0 Å². The number of aryl methyl sites for hydroxylation is 1. The fraction of sp³-hybridized carbons (Fsp3) is 0.550. The Balaban J connectivity index is 2.15. The zero-order valence-electron chi connectivity index (χ0n) is 16.4. The predicted molar refractivity (Wildman–Crippen MR) is 104 cm³/mol. The van der Waals surface area contributed by atoms with Gasteiger partial charge in [0, 0.05) is 34.1 Å². The first-order valence-electron chi connectivity index (χ1n) is 9.08. The van der Waals surface area contributed by atoms with Crippen LogP contribution < -0.4 is 4.72 Å². The molecule has 0 fully saturated rings. The van der Waals surface area contributed by atoms with Crippen molar-refractivity contribution in [1.82, 2.24) is 9.71 Å². The Hall–Kier alpha value is -1.66. The molecule has 6 heteroatoms. The quantitative estimate of drug-likeness (QED) is 0.843. The van der Waals surface area contributed by atoms with Crippen molar-refractivity contribution in [2.45, 2.75) is 71.2 Å². The van der Waals surface area contributed by atoms with Crippen molar-refractivity contribution >= 4 is 26.7 Å². The molecule has 1 aliphatic rings. The number of carbonyl (C=O) groups excluding carboxylic acids is 1. The number of nitrogens with one attached hydrogen (secondary N) is 2. The second-order valence-corrected chi connectivity index (χ2v) is 10.6. The van der Waals surface area contributed by atoms with E-state index in [1.807, 2.05) is 26.8 Å². The molecule has 0 unspecified atom stereocenters. The lowest BCUT2D eigenvalue weighted by Gasteiger charge is -2.28. The van der Waals surface area contributed by atoms with Crippen LogP contribution in [0.2, 0.25) is 0 Å². The van der Waals surface area contributed by atoms with Gasteiger partial charge in [-0.2, -0.15) is 0 Å². The average Bonchev–Trinajstić information content (AvgIpc) is 2.80. The number of fused-ring (bicyclic) bond motifs is 3. The lowest BCUT2D eigenvalue weighted by molar-refractivity contribution is 0.0913. The Morgan fingerprint density at radius 1 is 1.23 bits per heavy atom. The minimum atomic E-state index is -3.64. The van der Waals surface area contributed by atoms with Gasteiger partial charge in [-0.25, -0.2) is 13.1 Å². The summed E-state index contributed by atoms with van der Waals surface area (Å²) in [4.78, 5) is 16.2. The highest BCUT2D eigenvalue weighted by Gasteiger charge is 2.34. The number of hydrogen-bond acceptors (Lipinski definition) is 3. The van der Waals surface area contributed by atoms with Gasteiger partial charge in [0.15, 0.2) is 5.78 Å². The van der Waals surface area contributed by atoms with Crippen molar-refractivity contribution in [2.24, 2.45) is 5.41 Å². The van der Waals surface area contributed by atoms with Gasteiger partial charge in [0.2, 0.25) is 10.0 Å². The van der Waals surface area contributed by atoms with Crippen molar-refractivity contribution in [1.29, 1.82) is 0 Å². The lowest BCUT2D eigenvalue weighted by atomic mass is 9.76. The lowest BCUT2D eigenvalue weighted by Crippen LogP contribution is -2.42. The smallest absolute Gasteiger partial charge is 0.241 e. The van der Waals surface area contributed by atoms with E-state index in [1.165, 1.54) is 0 Å². The topological polar surface area (TPSA) is 79.0 Å². The van der Waals surface area contributed by atoms with E-state index >= 15 is 0 Å². The molecule has 5 nitrogen and oxygen atoms in total. The standard InChI is InChI=1S/C20H28N2O3S/c1-7-20(5,6)22-26(24,25)17-9-14-13(8-12(17)2)18-15(21-14)10-19(3,4)11-16(18)23/h8-9,21-22H,7,10-11H2,1-6H3. The van der Waals surface area contributed by atoms with Crippen molar-refractivity contribution in [3.63, 3.8) is 0 Å². The number of rotatable bonds is 4. The van der Waals surface area contributed by atoms with Crippen LogP contribution >= 0.6 is 0 Å². The molecule has 3 rings (SSSR count). The van der Waals surface area contributed by atoms with Crippen LogP contribution in [-0.2, 0) is 16.4 Å². The zero-order chi connectivity index (χ0) is 19.5. The molecule has 0 saturated carbocycles. The fourth-order valence-electron chi connectivity index (χ4n) is 3.68. The summed E-state index contributed by atoms with van der Waals surface area (Å²) in [6.07, 6.45) is 1.98. The Bertz CT molecular complexity index is 998. The average molecular weight is 377 g/mol. The maximum Gasteiger partial charge on any atom is 0.241 e. The van der Waals surface area contributed by atoms with Crippen molar-refractivity contribution in [3.05, 3.63) is 29.0 Å². The molecular formula is C20H28N2O3S. The Morgan fingerprint density at radius 2 is 1.88 bits per heavy atom. The summed E-state index contributed by atoms with van der Waals surface area (Å²) in [5.74, 6) is 0.128. The van der Waals surface area contributed by atoms with Crippen molar-refractivity contribution < 1.29 is 13.2 Å². The normalized spacial score (nSPS) is 17.5. The summed E-state index contributed by atoms with van der Waals surface area (Å²) in [7, 11) is -3.64. The number of carbonyl (C=O) groups is 1. The summed E-state index contributed by atoms with van der Waals surface area (Å²) in [5, 5.41) is 0.826. The van der Waals surface area contributed by atoms with E-state index < -0.39 is 15.6 Å². The number of Topliss-reactive ketones (excluding diaryl/α,β-unsaturated/α-hetero) is 1. The van der Waals surface area contributed by atoms with E-state index in [0.29, 0.717) is 23.9 Å². The molecule has 1 heterocycles. The number of benzene rings is 1. The Labute approximate surface area is 155 Å². The van der Waals surface area contributed by atoms with Gasteiger partial charge in [-0.15, -0.1) is 0 Å². The van der Waals surface area contributed by atoms with Crippen LogP contribution in [0.4, 0.5) is 0 Å². The van der Waals surface area contributed by atoms with Crippen LogP contribution in [0.25, 0.3) is 10.9 Å². The van der Waals surface area contributed by atoms with Gasteiger partial charge in [0.25, 0.3) is 0 Å². The van der Waals surface area contributed by atoms with Crippen LogP contribution in [-0.4, -0.2) is 24.7 Å². The molecule has 142 valence electrons. The molecule has 0 amide bonds. The SMILES string of the molecule is CCC(C)(C)NS(=O)(=O)c1cc2[nH]c3c(c2cc1C)C(=O)CC(C)(C)C3. The van der Waals surface area contributed by atoms with Crippen LogP contribution in [0.15, 0.2) is 17.0 Å². The van der Waals surface area contributed by atoms with Crippen LogP contribution in [0.5, 0.6) is 0 Å². The summed E-state index contributed by atoms with van der Waals surface area (Å²) in [5.41, 5.74) is 2.40. The maximum atomic E-state index is 12.9. The number of H-pyrrole nitrogens is 1. The largest absolute Gasteiger partial charge is 0.358 e. The highest BCUT2D eigenvalue weighted by molar-refractivity contribution is 7.89. The molecule has 26 heavy (non-hydrogen) atoms. The van der Waals surface area contributed by atoms with E-state index in [4.69, 9.17) is 0 Å². The minimum Gasteiger partial charge on any atom is -0.358 e. The predicted octanol–water partition coefficient (Wildman–Crippen LogP) is 4.10. The molecule has 1 aromatic carbocycles. The van der Waals surface area contributed by atoms with Gasteiger partial charge >= 0.3 is 0 Å². The molecule has 2 aromatic rings. The van der Waals surface area contributed by atoms with E-state index in [0.717, 1.165) is 23.1 Å². The first kappa shape index (κ1) is 19.1. The van der Waals surface area contributed by atoms with E-state index in [2.05, 4.69) is 23.6 Å². The van der Waals surface area contributed by atoms with E-state index in [9.17, 15) is 13.2 Å². The summed E-state index contributed by atoms with van der Waals surface area (Å²) in [6.45, 7) is 11.6. The van der Waals surface area contributed by atoms with Crippen molar-refractivity contribution in [3.8, 4) is 0 Å². The molecule has 2 N–H and O–H groups in total. The molecule has 0 bridgehead atoms. The maximum absolute atomic E-state index is 12.9. The third-order valence-electron chi connectivity index (χ3n) is 5.33. The molecular weight excluding hydrogens is 348 g/mol. The second kappa shape index (κ2) is 5.92. The zero-order valence-corrected chi connectivity index (χ0v) is 17.2. The molecule has 1 aliphatic carbocycles. The number of aromatic nitrogens is 1. The minimum absolute atomic E-state index is 0.0817. The van der Waals surface area contributed by atoms with Crippen LogP contribution in [0.1, 0.15) is 69.1 Å². The molecule has 1 aromatic heterocycles. The van der Waals surface area contributed by atoms with Gasteiger partial charge in [0.1, 0.15) is 0 Å². The van der Waals surface area contributed by atoms with E-state index in [-0.39, 0.29) is 16.1 Å². The molecule has 0 atom stereocenters. The first-order valence-corrected chi connectivity index (χ1v) is 10.6. The third-order valence-corrected chi connectivity index (χ3v) is 7.17. The second-order valence-electron chi connectivity index (χ2n) is 8.93. The number of sulfonamides is 1. The molecule has 0 saturated heterocycles. The molecule has 0 spiro atoms. The van der Waals surface area contributed by atoms with Crippen LogP contribution in [0, 0.1) is 12.3 Å². The number of aromatic amines is 1. The monoisotopic (exact) mass is 376 g/mol. The molecule has 0 aliphatic heterocycles. The Morgan fingerprint density at radius 3 is 2.50 bits per heavy atom. The number of hydrogen-bond donors (Lipinski definition) is 2. The van der Waals surface area contributed by atoms with Crippen molar-refractivity contribution in [2.75, 3.05) is 0 Å². The third kappa shape index (κ3) is 3.32.